The van der Waals surface area contributed by atoms with Gasteiger partial charge < -0.3 is 0 Å². The van der Waals surface area contributed by atoms with Crippen LogP contribution in [-0.2, 0) is 10.1 Å². The molecule has 3 nitrogen and oxygen atoms in total. The Kier molecular flexibility index (Phi) is 21.0. The Morgan fingerprint density at radius 2 is 0.826 bits per heavy atom. The smallest absolute Gasteiger partial charge is 0.264 e. The molecule has 0 saturated heterocycles. The number of unbranched alkanes of at least 4 members (excludes halogenated alkanes) is 15. The molecule has 0 unspecified atom stereocenters. The van der Waals surface area contributed by atoms with Crippen molar-refractivity contribution >= 4 is 27.5 Å². The first-order valence-electron chi connectivity index (χ1n) is 9.51. The number of rotatable bonds is 17. The van der Waals surface area contributed by atoms with Gasteiger partial charge in [-0.25, -0.2) is 0 Å². The molecule has 0 aromatic heterocycles. The number of hydrogen-bond acceptors (Lipinski definition) is 2. The van der Waals surface area contributed by atoms with E-state index in [2.05, 4.69) is 6.92 Å². The minimum Gasteiger partial charge on any atom is -0.286 e. The van der Waals surface area contributed by atoms with Gasteiger partial charge in [-0.2, -0.15) is 8.42 Å². The van der Waals surface area contributed by atoms with Gasteiger partial charge in [-0.15, -0.1) is 0 Å². The maximum Gasteiger partial charge on any atom is 0.264 e. The fourth-order valence-electron chi connectivity index (χ4n) is 2.83. The molecule has 0 aliphatic carbocycles. The summed E-state index contributed by atoms with van der Waals surface area (Å²) in [6.07, 6.45) is 20.3. The van der Waals surface area contributed by atoms with Crippen LogP contribution in [-0.4, -0.2) is 36.1 Å². The summed E-state index contributed by atoms with van der Waals surface area (Å²) < 4.78 is 29.7. The molecule has 0 saturated carbocycles. The average molecular weight is 365 g/mol. The normalized spacial score (nSPS) is 11.4. The van der Waals surface area contributed by atoms with Crippen molar-refractivity contribution in [3.8, 4) is 0 Å². The standard InChI is InChI=1S/C18H38O3S.Al.3H/c1-2-3-4-5-6-7-8-9-10-11-12-13-14-15-16-17-18-22(19,20)21;;;;/h2-18H2,1H3,(H,19,20,21);;;;. The molecule has 0 fully saturated rings. The SMILES string of the molecule is CCCCCCCCCCCCCCCCCCS(=O)(=O)O.[AlH3]. The Labute approximate surface area is 155 Å². The van der Waals surface area contributed by atoms with E-state index in [1.165, 1.54) is 83.5 Å². The molecular weight excluding hydrogens is 323 g/mol. The molecular formula is C18H41AlO3S. The first kappa shape index (κ1) is 25.7. The highest BCUT2D eigenvalue weighted by atomic mass is 32.2. The molecule has 23 heavy (non-hydrogen) atoms. The second-order valence-corrected chi connectivity index (χ2v) is 8.16. The van der Waals surface area contributed by atoms with E-state index >= 15 is 0 Å². The molecule has 0 spiro atoms. The van der Waals surface area contributed by atoms with Crippen molar-refractivity contribution in [1.82, 2.24) is 0 Å². The second kappa shape index (κ2) is 18.8. The van der Waals surface area contributed by atoms with Gasteiger partial charge in [-0.05, 0) is 6.42 Å². The lowest BCUT2D eigenvalue weighted by atomic mass is 10.0. The first-order valence-corrected chi connectivity index (χ1v) is 11.1. The summed E-state index contributed by atoms with van der Waals surface area (Å²) in [7, 11) is -3.74. The predicted molar refractivity (Wildman–Crippen MR) is 106 cm³/mol. The molecule has 0 rings (SSSR count). The molecule has 0 aliphatic rings. The lowest BCUT2D eigenvalue weighted by Gasteiger charge is -2.03. The minimum absolute atomic E-state index is 0. The zero-order valence-electron chi connectivity index (χ0n) is 14.7. The highest BCUT2D eigenvalue weighted by molar-refractivity contribution is 7.85. The Hall–Kier alpha value is 0.442. The summed E-state index contributed by atoms with van der Waals surface area (Å²) in [5.74, 6) is -0.0779. The van der Waals surface area contributed by atoms with Gasteiger partial charge in [0.2, 0.25) is 0 Å². The third-order valence-corrected chi connectivity index (χ3v) is 5.06. The molecule has 1 N–H and O–H groups in total. The predicted octanol–water partition coefficient (Wildman–Crippen LogP) is 4.95. The Morgan fingerprint density at radius 1 is 0.565 bits per heavy atom. The van der Waals surface area contributed by atoms with E-state index < -0.39 is 10.1 Å². The van der Waals surface area contributed by atoms with Gasteiger partial charge in [0.15, 0.2) is 17.4 Å². The van der Waals surface area contributed by atoms with Crippen LogP contribution in [0.15, 0.2) is 0 Å². The van der Waals surface area contributed by atoms with Crippen molar-refractivity contribution < 1.29 is 13.0 Å². The van der Waals surface area contributed by atoms with E-state index in [9.17, 15) is 8.42 Å². The summed E-state index contributed by atoms with van der Waals surface area (Å²) in [4.78, 5) is 0. The summed E-state index contributed by atoms with van der Waals surface area (Å²) >= 11 is 0. The van der Waals surface area contributed by atoms with Crippen LogP contribution in [0.4, 0.5) is 0 Å². The van der Waals surface area contributed by atoms with E-state index in [4.69, 9.17) is 4.55 Å². The van der Waals surface area contributed by atoms with Crippen LogP contribution < -0.4 is 0 Å². The van der Waals surface area contributed by atoms with Crippen molar-refractivity contribution in [3.05, 3.63) is 0 Å². The fraction of sp³-hybridized carbons (Fsp3) is 1.00. The molecule has 0 amide bonds. The van der Waals surface area contributed by atoms with Gasteiger partial charge in [0, 0.05) is 0 Å². The third-order valence-electron chi connectivity index (χ3n) is 4.26. The van der Waals surface area contributed by atoms with Gasteiger partial charge in [-0.1, -0.05) is 103 Å². The van der Waals surface area contributed by atoms with E-state index in [0.29, 0.717) is 6.42 Å². The van der Waals surface area contributed by atoms with E-state index in [1.54, 1.807) is 0 Å². The molecule has 0 radical (unpaired) electrons. The lowest BCUT2D eigenvalue weighted by molar-refractivity contribution is 0.478. The van der Waals surface area contributed by atoms with Gasteiger partial charge in [-0.3, -0.25) is 4.55 Å². The van der Waals surface area contributed by atoms with E-state index in [0.717, 1.165) is 12.8 Å². The van der Waals surface area contributed by atoms with Crippen LogP contribution in [0.25, 0.3) is 0 Å². The van der Waals surface area contributed by atoms with E-state index in [-0.39, 0.29) is 23.1 Å². The minimum atomic E-state index is -3.74. The summed E-state index contributed by atoms with van der Waals surface area (Å²) in [5, 5.41) is 0. The quantitative estimate of drug-likeness (QED) is 0.226. The van der Waals surface area contributed by atoms with E-state index in [1.807, 2.05) is 0 Å². The molecule has 0 bridgehead atoms. The second-order valence-electron chi connectivity index (χ2n) is 6.59. The molecule has 0 aromatic rings. The highest BCUT2D eigenvalue weighted by Crippen LogP contribution is 2.13. The summed E-state index contributed by atoms with van der Waals surface area (Å²) in [5.41, 5.74) is 0. The maximum absolute atomic E-state index is 10.5. The van der Waals surface area contributed by atoms with Crippen LogP contribution in [0.1, 0.15) is 110 Å². The topological polar surface area (TPSA) is 54.4 Å². The van der Waals surface area contributed by atoms with Crippen molar-refractivity contribution in [1.29, 1.82) is 0 Å². The monoisotopic (exact) mass is 364 g/mol. The molecule has 0 heterocycles. The largest absolute Gasteiger partial charge is 0.286 e. The zero-order chi connectivity index (χ0) is 16.5. The number of hydrogen-bond donors (Lipinski definition) is 1. The average Bonchev–Trinajstić information content (AvgIpc) is 2.45. The Bertz CT molecular complexity index is 318. The third kappa shape index (κ3) is 24.8. The van der Waals surface area contributed by atoms with Gasteiger partial charge >= 0.3 is 0 Å². The van der Waals surface area contributed by atoms with Gasteiger partial charge in [0.25, 0.3) is 10.1 Å². The van der Waals surface area contributed by atoms with Crippen LogP contribution in [0.2, 0.25) is 0 Å². The lowest BCUT2D eigenvalue weighted by Crippen LogP contribution is -2.03. The first-order chi connectivity index (χ1) is 10.6. The summed E-state index contributed by atoms with van der Waals surface area (Å²) in [6, 6.07) is 0. The van der Waals surface area contributed by atoms with Crippen molar-refractivity contribution in [2.75, 3.05) is 5.75 Å². The molecule has 0 aliphatic heterocycles. The van der Waals surface area contributed by atoms with Crippen LogP contribution >= 0.6 is 0 Å². The molecule has 5 heteroatoms. The van der Waals surface area contributed by atoms with Crippen LogP contribution in [0.5, 0.6) is 0 Å². The Morgan fingerprint density at radius 3 is 1.09 bits per heavy atom. The highest BCUT2D eigenvalue weighted by Gasteiger charge is 2.02. The summed E-state index contributed by atoms with van der Waals surface area (Å²) in [6.45, 7) is 2.26. The maximum atomic E-state index is 10.5. The van der Waals surface area contributed by atoms with Crippen molar-refractivity contribution in [2.45, 2.75) is 110 Å². The van der Waals surface area contributed by atoms with Crippen LogP contribution in [0.3, 0.4) is 0 Å². The molecule has 0 atom stereocenters. The van der Waals surface area contributed by atoms with Crippen molar-refractivity contribution in [2.24, 2.45) is 0 Å². The zero-order valence-corrected chi connectivity index (χ0v) is 15.5. The van der Waals surface area contributed by atoms with Crippen molar-refractivity contribution in [3.63, 3.8) is 0 Å². The fourth-order valence-corrected chi connectivity index (χ4v) is 3.40. The molecule has 140 valence electrons. The Balaban J connectivity index is 0. The van der Waals surface area contributed by atoms with Crippen LogP contribution in [0, 0.1) is 0 Å². The molecule has 0 aromatic carbocycles. The van der Waals surface area contributed by atoms with Gasteiger partial charge in [0.1, 0.15) is 0 Å². The van der Waals surface area contributed by atoms with Gasteiger partial charge in [0.05, 0.1) is 5.75 Å².